The van der Waals surface area contributed by atoms with Crippen molar-refractivity contribution in [3.8, 4) is 0 Å². The van der Waals surface area contributed by atoms with Gasteiger partial charge in [-0.3, -0.25) is 4.90 Å². The van der Waals surface area contributed by atoms with E-state index in [1.807, 2.05) is 7.05 Å². The van der Waals surface area contributed by atoms with Crippen molar-refractivity contribution in [1.82, 2.24) is 10.2 Å². The van der Waals surface area contributed by atoms with E-state index in [1.165, 1.54) is 16.3 Å². The first-order valence-corrected chi connectivity index (χ1v) is 7.83. The zero-order valence-electron chi connectivity index (χ0n) is 12.9. The summed E-state index contributed by atoms with van der Waals surface area (Å²) in [6, 6.07) is 15.6. The summed E-state index contributed by atoms with van der Waals surface area (Å²) >= 11 is 0. The maximum absolute atomic E-state index is 6.06. The number of benzene rings is 2. The van der Waals surface area contributed by atoms with Gasteiger partial charge in [0.15, 0.2) is 0 Å². The average molecular weight is 284 g/mol. The average Bonchev–Trinajstić information content (AvgIpc) is 2.54. The van der Waals surface area contributed by atoms with Crippen LogP contribution in [0.15, 0.2) is 42.5 Å². The van der Waals surface area contributed by atoms with E-state index in [-0.39, 0.29) is 6.10 Å². The van der Waals surface area contributed by atoms with Gasteiger partial charge in [-0.05, 0) is 29.9 Å². The van der Waals surface area contributed by atoms with Crippen LogP contribution in [0, 0.1) is 0 Å². The number of nitrogens with one attached hydrogen (secondary N) is 1. The molecule has 0 saturated carbocycles. The van der Waals surface area contributed by atoms with Gasteiger partial charge in [0.25, 0.3) is 0 Å². The largest absolute Gasteiger partial charge is 0.374 e. The van der Waals surface area contributed by atoms with Gasteiger partial charge < -0.3 is 10.1 Å². The Morgan fingerprint density at radius 1 is 1.19 bits per heavy atom. The van der Waals surface area contributed by atoms with Gasteiger partial charge in [-0.1, -0.05) is 49.4 Å². The lowest BCUT2D eigenvalue weighted by atomic mass is 9.93. The van der Waals surface area contributed by atoms with E-state index in [9.17, 15) is 0 Å². The Kier molecular flexibility index (Phi) is 4.54. The number of fused-ring (bicyclic) bond motifs is 1. The Morgan fingerprint density at radius 3 is 2.81 bits per heavy atom. The third kappa shape index (κ3) is 2.82. The quantitative estimate of drug-likeness (QED) is 0.934. The number of morpholine rings is 1. The summed E-state index contributed by atoms with van der Waals surface area (Å²) in [6.45, 7) is 5.99. The minimum Gasteiger partial charge on any atom is -0.374 e. The third-order valence-electron chi connectivity index (χ3n) is 4.41. The van der Waals surface area contributed by atoms with Crippen LogP contribution in [-0.4, -0.2) is 44.3 Å². The highest BCUT2D eigenvalue weighted by atomic mass is 16.5. The minimum atomic E-state index is 0.203. The minimum absolute atomic E-state index is 0.203. The second-order valence-corrected chi connectivity index (χ2v) is 5.61. The second kappa shape index (κ2) is 6.56. The number of hydrogen-bond acceptors (Lipinski definition) is 3. The Hall–Kier alpha value is -1.42. The molecule has 2 unspecified atom stereocenters. The molecule has 1 aliphatic rings. The van der Waals surface area contributed by atoms with Crippen LogP contribution in [0.4, 0.5) is 0 Å². The molecule has 0 amide bonds. The Balaban J connectivity index is 2.07. The zero-order chi connectivity index (χ0) is 14.7. The number of hydrogen-bond donors (Lipinski definition) is 1. The molecule has 3 nitrogen and oxygen atoms in total. The third-order valence-corrected chi connectivity index (χ3v) is 4.41. The fraction of sp³-hybridized carbons (Fsp3) is 0.444. The summed E-state index contributed by atoms with van der Waals surface area (Å²) in [5.74, 6) is 0. The van der Waals surface area contributed by atoms with Crippen LogP contribution in [0.5, 0.6) is 0 Å². The Bertz CT molecular complexity index is 591. The molecule has 1 N–H and O–H groups in total. The molecule has 21 heavy (non-hydrogen) atoms. The number of rotatable bonds is 4. The predicted molar refractivity (Wildman–Crippen MR) is 87.6 cm³/mol. The monoisotopic (exact) mass is 284 g/mol. The zero-order valence-corrected chi connectivity index (χ0v) is 12.9. The molecular formula is C18H24N2O. The van der Waals surface area contributed by atoms with E-state index in [0.717, 1.165) is 26.2 Å². The highest BCUT2D eigenvalue weighted by Gasteiger charge is 2.33. The van der Waals surface area contributed by atoms with E-state index in [4.69, 9.17) is 4.74 Å². The summed E-state index contributed by atoms with van der Waals surface area (Å²) in [5, 5.41) is 5.93. The lowest BCUT2D eigenvalue weighted by Gasteiger charge is -2.41. The van der Waals surface area contributed by atoms with Crippen molar-refractivity contribution >= 4 is 10.8 Å². The van der Waals surface area contributed by atoms with Gasteiger partial charge in [-0.15, -0.1) is 0 Å². The smallest absolute Gasteiger partial charge is 0.0896 e. The van der Waals surface area contributed by atoms with E-state index in [0.29, 0.717) is 6.04 Å². The lowest BCUT2D eigenvalue weighted by molar-refractivity contribution is -0.0682. The van der Waals surface area contributed by atoms with Crippen molar-refractivity contribution in [3.05, 3.63) is 48.0 Å². The van der Waals surface area contributed by atoms with Crippen LogP contribution >= 0.6 is 0 Å². The molecule has 112 valence electrons. The predicted octanol–water partition coefficient (Wildman–Crippen LogP) is 2.82. The Morgan fingerprint density at radius 2 is 2.00 bits per heavy atom. The summed E-state index contributed by atoms with van der Waals surface area (Å²) in [5.41, 5.74) is 1.38. The van der Waals surface area contributed by atoms with Crippen LogP contribution in [0.2, 0.25) is 0 Å². The van der Waals surface area contributed by atoms with E-state index in [1.54, 1.807) is 0 Å². The van der Waals surface area contributed by atoms with E-state index >= 15 is 0 Å². The van der Waals surface area contributed by atoms with Gasteiger partial charge in [-0.25, -0.2) is 0 Å². The molecule has 0 bridgehead atoms. The molecule has 0 aromatic heterocycles. The molecule has 0 aliphatic carbocycles. The van der Waals surface area contributed by atoms with Crippen molar-refractivity contribution in [2.75, 3.05) is 33.3 Å². The highest BCUT2D eigenvalue weighted by Crippen LogP contribution is 2.33. The van der Waals surface area contributed by atoms with Crippen molar-refractivity contribution in [2.45, 2.75) is 19.1 Å². The number of ether oxygens (including phenoxy) is 1. The molecule has 1 heterocycles. The Labute approximate surface area is 126 Å². The van der Waals surface area contributed by atoms with Gasteiger partial charge in [0, 0.05) is 13.1 Å². The second-order valence-electron chi connectivity index (χ2n) is 5.61. The summed E-state index contributed by atoms with van der Waals surface area (Å²) in [7, 11) is 1.99. The molecule has 0 spiro atoms. The molecule has 2 aromatic carbocycles. The van der Waals surface area contributed by atoms with Crippen LogP contribution in [0.25, 0.3) is 10.8 Å². The molecule has 3 rings (SSSR count). The first kappa shape index (κ1) is 14.5. The van der Waals surface area contributed by atoms with Crippen LogP contribution in [0.1, 0.15) is 18.5 Å². The van der Waals surface area contributed by atoms with Crippen LogP contribution < -0.4 is 5.32 Å². The molecule has 1 saturated heterocycles. The van der Waals surface area contributed by atoms with Gasteiger partial charge in [0.2, 0.25) is 0 Å². The van der Waals surface area contributed by atoms with Crippen molar-refractivity contribution < 1.29 is 4.74 Å². The van der Waals surface area contributed by atoms with Gasteiger partial charge in [0.05, 0.1) is 18.8 Å². The summed E-state index contributed by atoms with van der Waals surface area (Å²) in [6.07, 6.45) is 0.203. The lowest BCUT2D eigenvalue weighted by Crippen LogP contribution is -2.48. The fourth-order valence-electron chi connectivity index (χ4n) is 3.42. The molecule has 2 atom stereocenters. The first-order valence-electron chi connectivity index (χ1n) is 7.83. The maximum Gasteiger partial charge on any atom is 0.0896 e. The topological polar surface area (TPSA) is 24.5 Å². The molecule has 1 fully saturated rings. The highest BCUT2D eigenvalue weighted by molar-refractivity contribution is 5.86. The standard InChI is InChI=1S/C18H24N2O/c1-3-20-11-12-21-17(13-19-2)18(20)16-10-6-8-14-7-4-5-9-15(14)16/h4-10,17-19H,3,11-13H2,1-2H3. The number of nitrogens with zero attached hydrogens (tertiary/aromatic N) is 1. The fourth-order valence-corrected chi connectivity index (χ4v) is 3.42. The van der Waals surface area contributed by atoms with E-state index in [2.05, 4.69) is 59.6 Å². The number of likely N-dealkylation sites (N-methyl/N-ethyl adjacent to an activating group) is 2. The molecular weight excluding hydrogens is 260 g/mol. The van der Waals surface area contributed by atoms with Crippen LogP contribution in [-0.2, 0) is 4.74 Å². The van der Waals surface area contributed by atoms with Crippen molar-refractivity contribution in [3.63, 3.8) is 0 Å². The summed E-state index contributed by atoms with van der Waals surface area (Å²) in [4.78, 5) is 2.54. The van der Waals surface area contributed by atoms with Crippen molar-refractivity contribution in [2.24, 2.45) is 0 Å². The molecule has 3 heteroatoms. The maximum atomic E-state index is 6.06. The normalized spacial score (nSPS) is 23.5. The SMILES string of the molecule is CCN1CCOC(CNC)C1c1cccc2ccccc12. The van der Waals surface area contributed by atoms with E-state index < -0.39 is 0 Å². The van der Waals surface area contributed by atoms with Crippen molar-refractivity contribution in [1.29, 1.82) is 0 Å². The first-order chi connectivity index (χ1) is 10.3. The van der Waals surface area contributed by atoms with Crippen LogP contribution in [0.3, 0.4) is 0 Å². The van der Waals surface area contributed by atoms with Gasteiger partial charge in [-0.2, -0.15) is 0 Å². The molecule has 1 aliphatic heterocycles. The molecule has 2 aromatic rings. The van der Waals surface area contributed by atoms with Gasteiger partial charge >= 0.3 is 0 Å². The van der Waals surface area contributed by atoms with Gasteiger partial charge in [0.1, 0.15) is 0 Å². The summed E-state index contributed by atoms with van der Waals surface area (Å²) < 4.78 is 6.06. The molecule has 0 radical (unpaired) electrons.